The van der Waals surface area contributed by atoms with Gasteiger partial charge in [-0.25, -0.2) is 9.78 Å². The van der Waals surface area contributed by atoms with Crippen molar-refractivity contribution >= 4 is 23.1 Å². The minimum atomic E-state index is -0.888. The number of ether oxygens (including phenoxy) is 1. The van der Waals surface area contributed by atoms with Crippen molar-refractivity contribution in [1.82, 2.24) is 4.98 Å². The minimum Gasteiger partial charge on any atom is -0.464 e. The number of hydrogen-bond donors (Lipinski definition) is 1. The molecule has 0 radical (unpaired) electrons. The lowest BCUT2D eigenvalue weighted by Crippen LogP contribution is -2.08. The fourth-order valence-corrected chi connectivity index (χ4v) is 3.73. The lowest BCUT2D eigenvalue weighted by Gasteiger charge is -2.10. The van der Waals surface area contributed by atoms with E-state index in [1.807, 2.05) is 24.3 Å². The number of aryl methyl sites for hydroxylation is 1. The van der Waals surface area contributed by atoms with Gasteiger partial charge in [0.1, 0.15) is 0 Å². The Kier molecular flexibility index (Phi) is 9.31. The first kappa shape index (κ1) is 22.2. The van der Waals surface area contributed by atoms with E-state index < -0.39 is 12.1 Å². The molecule has 6 heteroatoms. The van der Waals surface area contributed by atoms with Crippen molar-refractivity contribution in [1.29, 1.82) is 0 Å². The van der Waals surface area contributed by atoms with E-state index in [9.17, 15) is 14.7 Å². The second kappa shape index (κ2) is 11.7. The zero-order valence-electron chi connectivity index (χ0n) is 16.6. The third-order valence-corrected chi connectivity index (χ3v) is 5.58. The third-order valence-electron chi connectivity index (χ3n) is 4.70. The largest absolute Gasteiger partial charge is 0.464 e. The minimum absolute atomic E-state index is 0.0646. The Morgan fingerprint density at radius 3 is 2.46 bits per heavy atom. The van der Waals surface area contributed by atoms with Crippen LogP contribution in [0.4, 0.5) is 0 Å². The average molecular weight is 404 g/mol. The molecule has 0 aliphatic rings. The monoisotopic (exact) mass is 403 g/mol. The summed E-state index contributed by atoms with van der Waals surface area (Å²) in [5.74, 6) is -0.861. The highest BCUT2D eigenvalue weighted by Crippen LogP contribution is 2.22. The van der Waals surface area contributed by atoms with E-state index in [0.717, 1.165) is 17.8 Å². The van der Waals surface area contributed by atoms with Crippen molar-refractivity contribution in [2.24, 2.45) is 0 Å². The number of ketones is 1. The van der Waals surface area contributed by atoms with Crippen LogP contribution < -0.4 is 0 Å². The van der Waals surface area contributed by atoms with Gasteiger partial charge < -0.3 is 9.84 Å². The standard InChI is InChI=1S/C22H29NO4S/c1-3-4-5-6-7-8-9-16-10-12-17(13-11-16)19(24)14-20(25)21-23-18(15-28-21)22(26)27-2/h10-13,15,19,24H,3-9,14H2,1-2H3. The number of esters is 1. The van der Waals surface area contributed by atoms with Crippen molar-refractivity contribution in [2.75, 3.05) is 7.11 Å². The van der Waals surface area contributed by atoms with Gasteiger partial charge in [-0.1, -0.05) is 63.3 Å². The molecule has 0 bridgehead atoms. The zero-order valence-corrected chi connectivity index (χ0v) is 17.5. The van der Waals surface area contributed by atoms with E-state index in [1.54, 1.807) is 0 Å². The third kappa shape index (κ3) is 6.84. The van der Waals surface area contributed by atoms with Crippen LogP contribution in [0.25, 0.3) is 0 Å². The Labute approximate surface area is 170 Å². The van der Waals surface area contributed by atoms with E-state index in [1.165, 1.54) is 56.6 Å². The number of aliphatic hydroxyl groups is 1. The number of methoxy groups -OCH3 is 1. The highest BCUT2D eigenvalue weighted by molar-refractivity contribution is 7.11. The lowest BCUT2D eigenvalue weighted by molar-refractivity contribution is 0.0595. The number of Topliss-reactive ketones (excluding diaryl/α,β-unsaturated/α-hetero) is 1. The van der Waals surface area contributed by atoms with Crippen LogP contribution in [-0.2, 0) is 11.2 Å². The van der Waals surface area contributed by atoms with E-state index in [2.05, 4.69) is 16.6 Å². The van der Waals surface area contributed by atoms with Crippen LogP contribution in [0.3, 0.4) is 0 Å². The van der Waals surface area contributed by atoms with Gasteiger partial charge in [0.2, 0.25) is 0 Å². The maximum Gasteiger partial charge on any atom is 0.357 e. The summed E-state index contributed by atoms with van der Waals surface area (Å²) in [5.41, 5.74) is 2.08. The molecular weight excluding hydrogens is 374 g/mol. The van der Waals surface area contributed by atoms with Crippen molar-refractivity contribution < 1.29 is 19.4 Å². The quantitative estimate of drug-likeness (QED) is 0.302. The summed E-state index contributed by atoms with van der Waals surface area (Å²) in [5, 5.41) is 12.1. The summed E-state index contributed by atoms with van der Waals surface area (Å²) < 4.78 is 4.59. The molecule has 5 nitrogen and oxygen atoms in total. The van der Waals surface area contributed by atoms with Crippen LogP contribution in [0.15, 0.2) is 29.6 Å². The average Bonchev–Trinajstić information content (AvgIpc) is 3.21. The molecule has 0 aliphatic carbocycles. The molecule has 0 saturated heterocycles. The van der Waals surface area contributed by atoms with Crippen molar-refractivity contribution in [3.05, 3.63) is 51.5 Å². The Hall–Kier alpha value is -2.05. The Balaban J connectivity index is 1.82. The van der Waals surface area contributed by atoms with Gasteiger partial charge in [0.15, 0.2) is 16.5 Å². The summed E-state index contributed by atoms with van der Waals surface area (Å²) in [6, 6.07) is 7.81. The van der Waals surface area contributed by atoms with Gasteiger partial charge in [-0.3, -0.25) is 4.79 Å². The normalized spacial score (nSPS) is 12.0. The van der Waals surface area contributed by atoms with Crippen molar-refractivity contribution in [3.63, 3.8) is 0 Å². The number of benzene rings is 1. The molecule has 152 valence electrons. The Morgan fingerprint density at radius 2 is 1.79 bits per heavy atom. The van der Waals surface area contributed by atoms with Gasteiger partial charge in [-0.05, 0) is 24.0 Å². The van der Waals surface area contributed by atoms with Crippen LogP contribution >= 0.6 is 11.3 Å². The Bertz CT molecular complexity index is 754. The maximum absolute atomic E-state index is 12.3. The van der Waals surface area contributed by atoms with Crippen LogP contribution in [0.1, 0.15) is 89.4 Å². The van der Waals surface area contributed by atoms with Crippen LogP contribution in [0, 0.1) is 0 Å². The summed E-state index contributed by atoms with van der Waals surface area (Å²) in [6.07, 6.45) is 7.70. The molecule has 1 aromatic carbocycles. The number of aliphatic hydroxyl groups excluding tert-OH is 1. The number of nitrogens with zero attached hydrogens (tertiary/aromatic N) is 1. The number of thiazole rings is 1. The van der Waals surface area contributed by atoms with E-state index in [0.29, 0.717) is 5.56 Å². The SMILES string of the molecule is CCCCCCCCc1ccc(C(O)CC(=O)c2nc(C(=O)OC)cs2)cc1. The first-order valence-corrected chi connectivity index (χ1v) is 10.8. The van der Waals surface area contributed by atoms with Gasteiger partial charge in [-0.2, -0.15) is 0 Å². The van der Waals surface area contributed by atoms with Crippen LogP contribution in [0.5, 0.6) is 0 Å². The molecule has 0 spiro atoms. The molecule has 2 aromatic rings. The molecule has 2 rings (SSSR count). The Morgan fingerprint density at radius 1 is 1.11 bits per heavy atom. The predicted molar refractivity (Wildman–Crippen MR) is 111 cm³/mol. The molecule has 1 N–H and O–H groups in total. The first-order valence-electron chi connectivity index (χ1n) is 9.89. The molecule has 1 heterocycles. The van der Waals surface area contributed by atoms with Crippen molar-refractivity contribution in [2.45, 2.75) is 64.4 Å². The number of rotatable bonds is 12. The van der Waals surface area contributed by atoms with Crippen LogP contribution in [0.2, 0.25) is 0 Å². The van der Waals surface area contributed by atoms with E-state index in [-0.39, 0.29) is 22.9 Å². The highest BCUT2D eigenvalue weighted by atomic mass is 32.1. The van der Waals surface area contributed by atoms with Gasteiger partial charge in [0, 0.05) is 11.8 Å². The summed E-state index contributed by atoms with van der Waals surface area (Å²) >= 11 is 1.08. The lowest BCUT2D eigenvalue weighted by atomic mass is 10.00. The first-order chi connectivity index (χ1) is 13.5. The number of carbonyl (C=O) groups is 2. The fraction of sp³-hybridized carbons (Fsp3) is 0.500. The number of aromatic nitrogens is 1. The summed E-state index contributed by atoms with van der Waals surface area (Å²) in [6.45, 7) is 2.22. The second-order valence-corrected chi connectivity index (χ2v) is 7.79. The number of unbranched alkanes of at least 4 members (excludes halogenated alkanes) is 5. The van der Waals surface area contributed by atoms with Crippen LogP contribution in [-0.4, -0.2) is 29.0 Å². The summed E-state index contributed by atoms with van der Waals surface area (Å²) in [7, 11) is 1.27. The zero-order chi connectivity index (χ0) is 20.4. The molecule has 1 aromatic heterocycles. The molecule has 0 fully saturated rings. The molecular formula is C22H29NO4S. The molecule has 0 aliphatic heterocycles. The van der Waals surface area contributed by atoms with Crippen molar-refractivity contribution in [3.8, 4) is 0 Å². The molecule has 28 heavy (non-hydrogen) atoms. The highest BCUT2D eigenvalue weighted by Gasteiger charge is 2.19. The van der Waals surface area contributed by atoms with Gasteiger partial charge >= 0.3 is 5.97 Å². The topological polar surface area (TPSA) is 76.5 Å². The van der Waals surface area contributed by atoms with E-state index in [4.69, 9.17) is 0 Å². The predicted octanol–water partition coefficient (Wildman–Crippen LogP) is 5.14. The van der Waals surface area contributed by atoms with Gasteiger partial charge in [-0.15, -0.1) is 11.3 Å². The second-order valence-electron chi connectivity index (χ2n) is 6.93. The van der Waals surface area contributed by atoms with Gasteiger partial charge in [0.25, 0.3) is 0 Å². The molecule has 1 unspecified atom stereocenters. The molecule has 0 amide bonds. The molecule has 1 atom stereocenters. The van der Waals surface area contributed by atoms with E-state index >= 15 is 0 Å². The number of hydrogen-bond acceptors (Lipinski definition) is 6. The maximum atomic E-state index is 12.3. The summed E-state index contributed by atoms with van der Waals surface area (Å²) in [4.78, 5) is 27.7. The molecule has 0 saturated carbocycles. The number of carbonyl (C=O) groups excluding carboxylic acids is 2. The van der Waals surface area contributed by atoms with Gasteiger partial charge in [0.05, 0.1) is 13.2 Å². The fourth-order valence-electron chi connectivity index (χ4n) is 3.00. The smallest absolute Gasteiger partial charge is 0.357 e.